The van der Waals surface area contributed by atoms with E-state index in [0.717, 1.165) is 25.3 Å². The molecule has 0 N–H and O–H groups in total. The summed E-state index contributed by atoms with van der Waals surface area (Å²) in [5.41, 5.74) is 0.935. The summed E-state index contributed by atoms with van der Waals surface area (Å²) in [6.07, 6.45) is 5.11. The molecule has 0 radical (unpaired) electrons. The third kappa shape index (κ3) is 2.79. The average molecular weight is 235 g/mol. The molecule has 2 heterocycles. The van der Waals surface area contributed by atoms with E-state index >= 15 is 0 Å². The van der Waals surface area contributed by atoms with Crippen LogP contribution in [0.5, 0.6) is 0 Å². The third-order valence-corrected chi connectivity index (χ3v) is 3.19. The molecule has 0 bridgehead atoms. The zero-order valence-corrected chi connectivity index (χ0v) is 10.2. The van der Waals surface area contributed by atoms with Crippen molar-refractivity contribution in [1.29, 1.82) is 0 Å². The van der Waals surface area contributed by atoms with Gasteiger partial charge in [0.15, 0.2) is 0 Å². The van der Waals surface area contributed by atoms with Crippen LogP contribution in [0, 0.1) is 11.8 Å². The maximum absolute atomic E-state index is 11.5. The highest BCUT2D eigenvalue weighted by molar-refractivity contribution is 5.73. The molecule has 2 unspecified atom stereocenters. The number of hydrogen-bond donors (Lipinski definition) is 0. The topological polar surface area (TPSA) is 55.3 Å². The number of likely N-dealkylation sites (tertiary alicyclic amines) is 1. The second kappa shape index (κ2) is 5.23. The number of rotatable bonds is 3. The Kier molecular flexibility index (Phi) is 3.68. The molecule has 0 saturated carbocycles. The van der Waals surface area contributed by atoms with Crippen molar-refractivity contribution >= 4 is 5.97 Å². The highest BCUT2D eigenvalue weighted by Crippen LogP contribution is 2.24. The summed E-state index contributed by atoms with van der Waals surface area (Å²) in [7, 11) is 1.44. The molecule has 5 nitrogen and oxygen atoms in total. The molecule has 0 spiro atoms. The minimum absolute atomic E-state index is 0.0170. The second-order valence-electron chi connectivity index (χ2n) is 4.50. The maximum atomic E-state index is 11.5. The maximum Gasteiger partial charge on any atom is 0.310 e. The smallest absolute Gasteiger partial charge is 0.310 e. The fourth-order valence-electron chi connectivity index (χ4n) is 2.30. The normalized spacial score (nSPS) is 24.8. The van der Waals surface area contributed by atoms with Crippen LogP contribution in [0.15, 0.2) is 18.6 Å². The molecule has 17 heavy (non-hydrogen) atoms. The molecule has 1 aliphatic rings. The van der Waals surface area contributed by atoms with Crippen molar-refractivity contribution in [3.63, 3.8) is 0 Å². The minimum atomic E-state index is -0.112. The van der Waals surface area contributed by atoms with Crippen molar-refractivity contribution in [2.24, 2.45) is 11.8 Å². The highest BCUT2D eigenvalue weighted by atomic mass is 16.5. The zero-order valence-electron chi connectivity index (χ0n) is 10.2. The van der Waals surface area contributed by atoms with Crippen LogP contribution in [0.4, 0.5) is 0 Å². The Balaban J connectivity index is 1.95. The molecular formula is C12H17N3O2. The van der Waals surface area contributed by atoms with E-state index < -0.39 is 0 Å². The molecule has 1 fully saturated rings. The van der Waals surface area contributed by atoms with Crippen LogP contribution in [0.1, 0.15) is 12.6 Å². The van der Waals surface area contributed by atoms with Crippen LogP contribution in [-0.2, 0) is 16.1 Å². The lowest BCUT2D eigenvalue weighted by atomic mass is 9.99. The van der Waals surface area contributed by atoms with Gasteiger partial charge in [-0.3, -0.25) is 19.7 Å². The van der Waals surface area contributed by atoms with E-state index in [1.165, 1.54) is 7.11 Å². The predicted molar refractivity (Wildman–Crippen MR) is 62.0 cm³/mol. The second-order valence-corrected chi connectivity index (χ2v) is 4.50. The Bertz CT molecular complexity index is 383. The lowest BCUT2D eigenvalue weighted by molar-refractivity contribution is -0.146. The first-order valence-corrected chi connectivity index (χ1v) is 5.75. The highest BCUT2D eigenvalue weighted by Gasteiger charge is 2.35. The lowest BCUT2D eigenvalue weighted by Gasteiger charge is -2.14. The molecule has 0 aliphatic carbocycles. The van der Waals surface area contributed by atoms with E-state index in [4.69, 9.17) is 4.74 Å². The van der Waals surface area contributed by atoms with Gasteiger partial charge in [-0.15, -0.1) is 0 Å². The van der Waals surface area contributed by atoms with E-state index in [2.05, 4.69) is 21.8 Å². The Hall–Kier alpha value is -1.49. The van der Waals surface area contributed by atoms with Crippen molar-refractivity contribution in [2.45, 2.75) is 13.5 Å². The number of hydrogen-bond acceptors (Lipinski definition) is 5. The van der Waals surface area contributed by atoms with E-state index in [0.29, 0.717) is 5.92 Å². The van der Waals surface area contributed by atoms with Crippen molar-refractivity contribution in [3.8, 4) is 0 Å². The van der Waals surface area contributed by atoms with Gasteiger partial charge in [-0.25, -0.2) is 0 Å². The van der Waals surface area contributed by atoms with Gasteiger partial charge in [-0.2, -0.15) is 0 Å². The Morgan fingerprint density at radius 1 is 1.53 bits per heavy atom. The predicted octanol–water partition coefficient (Wildman–Crippen LogP) is 0.718. The van der Waals surface area contributed by atoms with Crippen LogP contribution in [0.3, 0.4) is 0 Å². The first kappa shape index (κ1) is 12.0. The van der Waals surface area contributed by atoms with Crippen LogP contribution in [0.2, 0.25) is 0 Å². The average Bonchev–Trinajstić information content (AvgIpc) is 2.70. The number of carbonyl (C=O) groups excluding carboxylic acids is 1. The molecule has 1 aliphatic heterocycles. The number of methoxy groups -OCH3 is 1. The molecule has 0 amide bonds. The molecule has 2 atom stereocenters. The van der Waals surface area contributed by atoms with Gasteiger partial charge in [0.1, 0.15) is 0 Å². The molecule has 1 aromatic rings. The summed E-state index contributed by atoms with van der Waals surface area (Å²) in [6, 6.07) is 0. The Labute approximate surface area is 101 Å². The van der Waals surface area contributed by atoms with E-state index in [-0.39, 0.29) is 11.9 Å². The summed E-state index contributed by atoms with van der Waals surface area (Å²) in [5.74, 6) is 0.204. The third-order valence-electron chi connectivity index (χ3n) is 3.19. The quantitative estimate of drug-likeness (QED) is 0.722. The summed E-state index contributed by atoms with van der Waals surface area (Å²) < 4.78 is 4.81. The molecule has 2 rings (SSSR count). The lowest BCUT2D eigenvalue weighted by Crippen LogP contribution is -2.24. The molecule has 1 aromatic heterocycles. The summed E-state index contributed by atoms with van der Waals surface area (Å²) in [5, 5.41) is 0. The van der Waals surface area contributed by atoms with Gasteiger partial charge < -0.3 is 4.74 Å². The fourth-order valence-corrected chi connectivity index (χ4v) is 2.30. The fraction of sp³-hybridized carbons (Fsp3) is 0.583. The molecule has 1 saturated heterocycles. The first-order chi connectivity index (χ1) is 8.20. The van der Waals surface area contributed by atoms with Gasteiger partial charge in [0.25, 0.3) is 0 Å². The van der Waals surface area contributed by atoms with Gasteiger partial charge in [0.2, 0.25) is 0 Å². The zero-order chi connectivity index (χ0) is 12.3. The Morgan fingerprint density at radius 3 is 3.00 bits per heavy atom. The molecule has 92 valence electrons. The van der Waals surface area contributed by atoms with Crippen molar-refractivity contribution < 1.29 is 9.53 Å². The van der Waals surface area contributed by atoms with Gasteiger partial charge >= 0.3 is 5.97 Å². The van der Waals surface area contributed by atoms with Crippen LogP contribution < -0.4 is 0 Å². The van der Waals surface area contributed by atoms with Crippen LogP contribution >= 0.6 is 0 Å². The van der Waals surface area contributed by atoms with Crippen LogP contribution in [-0.4, -0.2) is 41.0 Å². The minimum Gasteiger partial charge on any atom is -0.469 e. The van der Waals surface area contributed by atoms with Crippen LogP contribution in [0.25, 0.3) is 0 Å². The molecular weight excluding hydrogens is 218 g/mol. The van der Waals surface area contributed by atoms with Gasteiger partial charge in [0.05, 0.1) is 18.7 Å². The number of carbonyl (C=O) groups is 1. The largest absolute Gasteiger partial charge is 0.469 e. The summed E-state index contributed by atoms with van der Waals surface area (Å²) in [4.78, 5) is 22.0. The monoisotopic (exact) mass is 235 g/mol. The number of aromatic nitrogens is 2. The first-order valence-electron chi connectivity index (χ1n) is 5.75. The van der Waals surface area contributed by atoms with Crippen molar-refractivity contribution in [3.05, 3.63) is 24.3 Å². The summed E-state index contributed by atoms with van der Waals surface area (Å²) >= 11 is 0. The van der Waals surface area contributed by atoms with E-state index in [9.17, 15) is 4.79 Å². The van der Waals surface area contributed by atoms with Gasteiger partial charge in [0, 0.05) is 38.2 Å². The van der Waals surface area contributed by atoms with Crippen molar-refractivity contribution in [1.82, 2.24) is 14.9 Å². The molecule has 0 aromatic carbocycles. The standard InChI is InChI=1S/C12H17N3O2/c1-9-6-15(8-11(9)12(16)17-2)7-10-5-13-3-4-14-10/h3-5,9,11H,6-8H2,1-2H3. The SMILES string of the molecule is COC(=O)C1CN(Cc2cnccn2)CC1C. The molecule has 5 heteroatoms. The van der Waals surface area contributed by atoms with Gasteiger partial charge in [-0.1, -0.05) is 6.92 Å². The van der Waals surface area contributed by atoms with Gasteiger partial charge in [-0.05, 0) is 5.92 Å². The van der Waals surface area contributed by atoms with E-state index in [1.807, 2.05) is 0 Å². The Morgan fingerprint density at radius 2 is 2.35 bits per heavy atom. The number of ether oxygens (including phenoxy) is 1. The summed E-state index contributed by atoms with van der Waals surface area (Å²) in [6.45, 7) is 4.46. The number of esters is 1. The number of nitrogens with zero attached hydrogens (tertiary/aromatic N) is 3. The van der Waals surface area contributed by atoms with Crippen molar-refractivity contribution in [2.75, 3.05) is 20.2 Å². The van der Waals surface area contributed by atoms with E-state index in [1.54, 1.807) is 18.6 Å².